The lowest BCUT2D eigenvalue weighted by atomic mass is 10.1. The Labute approximate surface area is 83.6 Å². The molecular formula is C10H14N2O2. The summed E-state index contributed by atoms with van der Waals surface area (Å²) < 4.78 is 0. The Morgan fingerprint density at radius 1 is 1.50 bits per heavy atom. The van der Waals surface area contributed by atoms with Crippen molar-refractivity contribution in [3.05, 3.63) is 0 Å². The first-order valence-electron chi connectivity index (χ1n) is 4.62. The van der Waals surface area contributed by atoms with Crippen LogP contribution in [0, 0.1) is 17.8 Å². The lowest BCUT2D eigenvalue weighted by molar-refractivity contribution is -0.125. The van der Waals surface area contributed by atoms with Crippen molar-refractivity contribution in [3.8, 4) is 11.8 Å². The molecule has 76 valence electrons. The van der Waals surface area contributed by atoms with Crippen molar-refractivity contribution in [2.24, 2.45) is 5.92 Å². The minimum atomic E-state index is -0.182. The maximum Gasteiger partial charge on any atom is 0.298 e. The molecule has 1 aliphatic heterocycles. The molecule has 0 aliphatic carbocycles. The molecule has 14 heavy (non-hydrogen) atoms. The van der Waals surface area contributed by atoms with Gasteiger partial charge in [-0.25, -0.2) is 0 Å². The zero-order valence-corrected chi connectivity index (χ0v) is 8.46. The van der Waals surface area contributed by atoms with E-state index in [1.54, 1.807) is 18.9 Å². The maximum absolute atomic E-state index is 11.3. The highest BCUT2D eigenvalue weighted by atomic mass is 16.2. The van der Waals surface area contributed by atoms with Crippen molar-refractivity contribution in [3.63, 3.8) is 0 Å². The van der Waals surface area contributed by atoms with Gasteiger partial charge >= 0.3 is 0 Å². The average Bonchev–Trinajstić information content (AvgIpc) is 2.66. The Hall–Kier alpha value is -1.50. The fourth-order valence-electron chi connectivity index (χ4n) is 1.55. The number of hydrogen-bond donors (Lipinski definition) is 1. The first-order chi connectivity index (χ1) is 6.69. The molecule has 1 saturated heterocycles. The van der Waals surface area contributed by atoms with Gasteiger partial charge in [0, 0.05) is 20.1 Å². The number of carbonyl (C=O) groups excluding carboxylic acids is 2. The maximum atomic E-state index is 11.3. The van der Waals surface area contributed by atoms with Gasteiger partial charge in [0.15, 0.2) is 0 Å². The highest BCUT2D eigenvalue weighted by Crippen LogP contribution is 2.15. The minimum Gasteiger partial charge on any atom is -0.359 e. The number of carbonyl (C=O) groups is 2. The molecule has 0 spiro atoms. The van der Waals surface area contributed by atoms with Gasteiger partial charge in [-0.05, 0) is 19.3 Å². The van der Waals surface area contributed by atoms with E-state index in [-0.39, 0.29) is 17.7 Å². The molecule has 0 bridgehead atoms. The van der Waals surface area contributed by atoms with E-state index in [9.17, 15) is 9.59 Å². The standard InChI is InChI=1S/C10H14N2O2/c1-3-4-9(13)12-6-5-8(7-12)10(14)11-2/h8H,5-7H2,1-2H3,(H,11,14). The summed E-state index contributed by atoms with van der Waals surface area (Å²) in [6.45, 7) is 2.75. The third-order valence-corrected chi connectivity index (χ3v) is 2.32. The van der Waals surface area contributed by atoms with E-state index in [0.717, 1.165) is 6.42 Å². The summed E-state index contributed by atoms with van der Waals surface area (Å²) >= 11 is 0. The topological polar surface area (TPSA) is 49.4 Å². The Morgan fingerprint density at radius 2 is 2.21 bits per heavy atom. The van der Waals surface area contributed by atoms with Gasteiger partial charge in [-0.3, -0.25) is 9.59 Å². The lowest BCUT2D eigenvalue weighted by Crippen LogP contribution is -2.32. The van der Waals surface area contributed by atoms with E-state index in [0.29, 0.717) is 13.1 Å². The first-order valence-corrected chi connectivity index (χ1v) is 4.62. The molecule has 1 heterocycles. The van der Waals surface area contributed by atoms with Crippen LogP contribution >= 0.6 is 0 Å². The lowest BCUT2D eigenvalue weighted by Gasteiger charge is -2.11. The molecule has 0 radical (unpaired) electrons. The molecule has 0 aromatic carbocycles. The van der Waals surface area contributed by atoms with Crippen LogP contribution in [0.5, 0.6) is 0 Å². The van der Waals surface area contributed by atoms with Gasteiger partial charge < -0.3 is 10.2 Å². The molecule has 0 aromatic heterocycles. The molecule has 1 unspecified atom stereocenters. The summed E-state index contributed by atoms with van der Waals surface area (Å²) in [7, 11) is 1.61. The van der Waals surface area contributed by atoms with Gasteiger partial charge in [0.1, 0.15) is 0 Å². The van der Waals surface area contributed by atoms with Crippen LogP contribution in [-0.4, -0.2) is 36.9 Å². The number of nitrogens with one attached hydrogen (secondary N) is 1. The smallest absolute Gasteiger partial charge is 0.298 e. The number of nitrogens with zero attached hydrogens (tertiary/aromatic N) is 1. The Morgan fingerprint density at radius 3 is 2.79 bits per heavy atom. The van der Waals surface area contributed by atoms with Crippen LogP contribution < -0.4 is 5.32 Å². The molecule has 1 fully saturated rings. The van der Waals surface area contributed by atoms with E-state index in [2.05, 4.69) is 17.2 Å². The second-order valence-corrected chi connectivity index (χ2v) is 3.23. The summed E-state index contributed by atoms with van der Waals surface area (Å²) in [5.74, 6) is 4.79. The molecule has 1 atom stereocenters. The van der Waals surface area contributed by atoms with Crippen LogP contribution in [0.2, 0.25) is 0 Å². The van der Waals surface area contributed by atoms with E-state index in [1.807, 2.05) is 0 Å². The molecule has 1 rings (SSSR count). The van der Waals surface area contributed by atoms with Gasteiger partial charge in [0.05, 0.1) is 5.92 Å². The monoisotopic (exact) mass is 194 g/mol. The summed E-state index contributed by atoms with van der Waals surface area (Å²) in [6, 6.07) is 0. The molecule has 0 aromatic rings. The number of amides is 2. The summed E-state index contributed by atoms with van der Waals surface area (Å²) in [4.78, 5) is 24.2. The van der Waals surface area contributed by atoms with E-state index < -0.39 is 0 Å². The van der Waals surface area contributed by atoms with Crippen LogP contribution in [-0.2, 0) is 9.59 Å². The largest absolute Gasteiger partial charge is 0.359 e. The molecule has 1 aliphatic rings. The van der Waals surface area contributed by atoms with Crippen molar-refractivity contribution < 1.29 is 9.59 Å². The first kappa shape index (κ1) is 10.6. The normalized spacial score (nSPS) is 19.9. The summed E-state index contributed by atoms with van der Waals surface area (Å²) in [6.07, 6.45) is 0.733. The van der Waals surface area contributed by atoms with Crippen LogP contribution in [0.4, 0.5) is 0 Å². The fraction of sp³-hybridized carbons (Fsp3) is 0.600. The molecular weight excluding hydrogens is 180 g/mol. The second kappa shape index (κ2) is 4.66. The Bertz CT molecular complexity index is 301. The van der Waals surface area contributed by atoms with Gasteiger partial charge in [-0.2, -0.15) is 0 Å². The van der Waals surface area contributed by atoms with Gasteiger partial charge in [0.25, 0.3) is 5.91 Å². The Kier molecular flexibility index (Phi) is 3.52. The van der Waals surface area contributed by atoms with Crippen LogP contribution in [0.3, 0.4) is 0 Å². The van der Waals surface area contributed by atoms with Gasteiger partial charge in [-0.15, -0.1) is 0 Å². The van der Waals surface area contributed by atoms with Crippen molar-refractivity contribution in [2.45, 2.75) is 13.3 Å². The van der Waals surface area contributed by atoms with Crippen LogP contribution in [0.15, 0.2) is 0 Å². The van der Waals surface area contributed by atoms with Crippen LogP contribution in [0.1, 0.15) is 13.3 Å². The highest BCUT2D eigenvalue weighted by Gasteiger charge is 2.29. The Balaban J connectivity index is 2.51. The van der Waals surface area contributed by atoms with Crippen molar-refractivity contribution in [1.29, 1.82) is 0 Å². The summed E-state index contributed by atoms with van der Waals surface area (Å²) in [5.41, 5.74) is 0. The molecule has 0 saturated carbocycles. The van der Waals surface area contributed by atoms with Gasteiger partial charge in [-0.1, -0.05) is 5.92 Å². The van der Waals surface area contributed by atoms with Crippen LogP contribution in [0.25, 0.3) is 0 Å². The third-order valence-electron chi connectivity index (χ3n) is 2.32. The molecule has 1 N–H and O–H groups in total. The number of likely N-dealkylation sites (tertiary alicyclic amines) is 1. The molecule has 4 heteroatoms. The zero-order chi connectivity index (χ0) is 10.6. The molecule has 4 nitrogen and oxygen atoms in total. The van der Waals surface area contributed by atoms with E-state index in [4.69, 9.17) is 0 Å². The predicted octanol–water partition coefficient (Wildman–Crippen LogP) is -0.396. The fourth-order valence-corrected chi connectivity index (χ4v) is 1.55. The third kappa shape index (κ3) is 2.25. The quantitative estimate of drug-likeness (QED) is 0.578. The number of rotatable bonds is 1. The van der Waals surface area contributed by atoms with E-state index in [1.165, 1.54) is 0 Å². The van der Waals surface area contributed by atoms with E-state index >= 15 is 0 Å². The predicted molar refractivity (Wildman–Crippen MR) is 52.2 cm³/mol. The van der Waals surface area contributed by atoms with Crippen molar-refractivity contribution in [1.82, 2.24) is 10.2 Å². The van der Waals surface area contributed by atoms with Crippen molar-refractivity contribution in [2.75, 3.05) is 20.1 Å². The SMILES string of the molecule is CC#CC(=O)N1CCC(C(=O)NC)C1. The molecule has 2 amide bonds. The zero-order valence-electron chi connectivity index (χ0n) is 8.46. The second-order valence-electron chi connectivity index (χ2n) is 3.23. The van der Waals surface area contributed by atoms with Crippen molar-refractivity contribution >= 4 is 11.8 Å². The summed E-state index contributed by atoms with van der Waals surface area (Å²) in [5, 5.41) is 2.59. The highest BCUT2D eigenvalue weighted by molar-refractivity contribution is 5.94. The minimum absolute atomic E-state index is 0.00441. The average molecular weight is 194 g/mol. The van der Waals surface area contributed by atoms with Gasteiger partial charge in [0.2, 0.25) is 5.91 Å². The number of hydrogen-bond acceptors (Lipinski definition) is 2.